The van der Waals surface area contributed by atoms with Gasteiger partial charge < -0.3 is 0 Å². The van der Waals surface area contributed by atoms with Crippen molar-refractivity contribution >= 4 is 33.7 Å². The number of carbonyl (C=O) groups is 1. The predicted molar refractivity (Wildman–Crippen MR) is 90.8 cm³/mol. The zero-order valence-corrected chi connectivity index (χ0v) is 13.8. The van der Waals surface area contributed by atoms with Crippen molar-refractivity contribution in [2.24, 2.45) is 0 Å². The molecule has 0 N–H and O–H groups in total. The topological polar surface area (TPSA) is 95.1 Å². The molecular weight excluding hydrogens is 330 g/mol. The van der Waals surface area contributed by atoms with E-state index in [1.165, 1.54) is 40.4 Å². The number of nitrogens with zero attached hydrogens (tertiary/aromatic N) is 3. The number of Topliss-reactive ketones (excluding diaryl/α,β-unsaturated/α-hetero) is 1. The maximum atomic E-state index is 12.5. The predicted octanol–water partition coefficient (Wildman–Crippen LogP) is 2.87. The van der Waals surface area contributed by atoms with E-state index in [-0.39, 0.29) is 23.4 Å². The normalized spacial score (nSPS) is 10.9. The Labute approximate surface area is 140 Å². The quantitative estimate of drug-likeness (QED) is 0.412. The molecule has 0 spiro atoms. The lowest BCUT2D eigenvalue weighted by atomic mass is 10.1. The second-order valence-electron chi connectivity index (χ2n) is 5.39. The number of nitro benzene ring substituents is 1. The van der Waals surface area contributed by atoms with E-state index in [0.717, 1.165) is 9.75 Å². The smallest absolute Gasteiger partial charge is 0.270 e. The molecule has 0 amide bonds. The third kappa shape index (κ3) is 2.83. The average Bonchev–Trinajstić information content (AvgIpc) is 2.88. The fourth-order valence-electron chi connectivity index (χ4n) is 2.52. The van der Waals surface area contributed by atoms with Crippen LogP contribution in [0.2, 0.25) is 0 Å². The molecule has 3 aromatic rings. The number of hydrogen-bond donors (Lipinski definition) is 0. The summed E-state index contributed by atoms with van der Waals surface area (Å²) in [4.78, 5) is 41.3. The summed E-state index contributed by atoms with van der Waals surface area (Å²) < 4.78 is 1.18. The van der Waals surface area contributed by atoms with Crippen LogP contribution < -0.4 is 5.56 Å². The fourth-order valence-corrected chi connectivity index (χ4v) is 3.46. The first kappa shape index (κ1) is 16.0. The van der Waals surface area contributed by atoms with E-state index >= 15 is 0 Å². The van der Waals surface area contributed by atoms with E-state index in [1.54, 1.807) is 6.07 Å². The molecular formula is C16H13N3O4S. The van der Waals surface area contributed by atoms with Crippen molar-refractivity contribution in [3.8, 4) is 0 Å². The molecule has 0 bridgehead atoms. The number of carbonyl (C=O) groups excluding carboxylic acids is 1. The number of thiophene rings is 1. The minimum absolute atomic E-state index is 0.123. The van der Waals surface area contributed by atoms with Gasteiger partial charge in [0.05, 0.1) is 28.7 Å². The van der Waals surface area contributed by atoms with Crippen molar-refractivity contribution in [3.63, 3.8) is 0 Å². The van der Waals surface area contributed by atoms with Crippen molar-refractivity contribution in [2.45, 2.75) is 20.4 Å². The Morgan fingerprint density at radius 1 is 1.33 bits per heavy atom. The summed E-state index contributed by atoms with van der Waals surface area (Å²) in [5.74, 6) is -0.189. The number of fused-ring (bicyclic) bond motifs is 1. The first-order valence-electron chi connectivity index (χ1n) is 7.10. The Balaban J connectivity index is 2.02. The van der Waals surface area contributed by atoms with Gasteiger partial charge in [-0.15, -0.1) is 11.3 Å². The van der Waals surface area contributed by atoms with Crippen LogP contribution >= 0.6 is 11.3 Å². The molecule has 7 nitrogen and oxygen atoms in total. The highest BCUT2D eigenvalue weighted by Crippen LogP contribution is 2.21. The molecule has 0 aliphatic carbocycles. The Hall–Kier alpha value is -2.87. The highest BCUT2D eigenvalue weighted by molar-refractivity contribution is 7.12. The summed E-state index contributed by atoms with van der Waals surface area (Å²) in [5.41, 5.74) is 0.289. The molecule has 3 rings (SSSR count). The van der Waals surface area contributed by atoms with Gasteiger partial charge in [-0.1, -0.05) is 0 Å². The van der Waals surface area contributed by atoms with Gasteiger partial charge in [-0.05, 0) is 26.0 Å². The highest BCUT2D eigenvalue weighted by atomic mass is 32.1. The number of benzene rings is 1. The Kier molecular flexibility index (Phi) is 3.98. The van der Waals surface area contributed by atoms with Crippen LogP contribution in [0.1, 0.15) is 20.1 Å². The zero-order valence-electron chi connectivity index (χ0n) is 13.0. The monoisotopic (exact) mass is 343 g/mol. The third-order valence-electron chi connectivity index (χ3n) is 3.67. The van der Waals surface area contributed by atoms with Crippen LogP contribution in [0.3, 0.4) is 0 Å². The minimum Gasteiger partial charge on any atom is -0.292 e. The second kappa shape index (κ2) is 5.97. The van der Waals surface area contributed by atoms with Crippen LogP contribution in [-0.4, -0.2) is 20.3 Å². The lowest BCUT2D eigenvalue weighted by molar-refractivity contribution is -0.384. The highest BCUT2D eigenvalue weighted by Gasteiger charge is 2.15. The number of aryl methyl sites for hydroxylation is 2. The number of ketones is 1. The largest absolute Gasteiger partial charge is 0.292 e. The van der Waals surface area contributed by atoms with E-state index in [0.29, 0.717) is 11.1 Å². The Morgan fingerprint density at radius 2 is 2.08 bits per heavy atom. The van der Waals surface area contributed by atoms with E-state index in [4.69, 9.17) is 0 Å². The molecule has 2 aromatic heterocycles. The molecule has 0 radical (unpaired) electrons. The van der Waals surface area contributed by atoms with Crippen molar-refractivity contribution in [1.29, 1.82) is 0 Å². The summed E-state index contributed by atoms with van der Waals surface area (Å²) in [5, 5.41) is 11.0. The van der Waals surface area contributed by atoms with E-state index < -0.39 is 10.5 Å². The van der Waals surface area contributed by atoms with E-state index in [2.05, 4.69) is 4.98 Å². The van der Waals surface area contributed by atoms with Gasteiger partial charge in [-0.25, -0.2) is 4.98 Å². The van der Waals surface area contributed by atoms with Crippen LogP contribution in [0.15, 0.2) is 35.4 Å². The van der Waals surface area contributed by atoms with Crippen LogP contribution in [0.4, 0.5) is 5.69 Å². The maximum absolute atomic E-state index is 12.5. The third-order valence-corrected chi connectivity index (χ3v) is 4.64. The van der Waals surface area contributed by atoms with Gasteiger partial charge >= 0.3 is 0 Å². The maximum Gasteiger partial charge on any atom is 0.270 e. The fraction of sp³-hybridized carbons (Fsp3) is 0.188. The summed E-state index contributed by atoms with van der Waals surface area (Å²) >= 11 is 1.52. The molecule has 0 saturated heterocycles. The molecule has 0 fully saturated rings. The number of aromatic nitrogens is 2. The number of rotatable bonds is 4. The van der Waals surface area contributed by atoms with Crippen LogP contribution in [0.25, 0.3) is 10.9 Å². The van der Waals surface area contributed by atoms with Crippen molar-refractivity contribution in [3.05, 3.63) is 66.4 Å². The minimum atomic E-state index is -0.571. The lowest BCUT2D eigenvalue weighted by Crippen LogP contribution is -2.24. The van der Waals surface area contributed by atoms with E-state index in [9.17, 15) is 19.7 Å². The summed E-state index contributed by atoms with van der Waals surface area (Å²) in [6.07, 6.45) is 1.29. The summed E-state index contributed by atoms with van der Waals surface area (Å²) in [7, 11) is 0. The molecule has 2 heterocycles. The van der Waals surface area contributed by atoms with Gasteiger partial charge in [0.25, 0.3) is 11.2 Å². The SMILES string of the molecule is Cc1cc(C(=O)Cn2cnc3ccc([N+](=O)[O-])cc3c2=O)c(C)s1. The molecule has 0 aliphatic heterocycles. The molecule has 0 atom stereocenters. The van der Waals surface area contributed by atoms with Gasteiger partial charge in [0, 0.05) is 27.5 Å². The van der Waals surface area contributed by atoms with Gasteiger partial charge in [0.15, 0.2) is 5.78 Å². The van der Waals surface area contributed by atoms with Crippen LogP contribution in [-0.2, 0) is 6.54 Å². The molecule has 24 heavy (non-hydrogen) atoms. The van der Waals surface area contributed by atoms with E-state index in [1.807, 2.05) is 13.8 Å². The first-order chi connectivity index (χ1) is 11.4. The summed E-state index contributed by atoms with van der Waals surface area (Å²) in [6, 6.07) is 5.70. The standard InChI is InChI=1S/C16H13N3O4S/c1-9-5-12(10(2)24-9)15(20)7-18-8-17-14-4-3-11(19(22)23)6-13(14)16(18)21/h3-6,8H,7H2,1-2H3. The average molecular weight is 343 g/mol. The van der Waals surface area contributed by atoms with Crippen LogP contribution in [0, 0.1) is 24.0 Å². The second-order valence-corrected chi connectivity index (χ2v) is 6.85. The summed E-state index contributed by atoms with van der Waals surface area (Å²) in [6.45, 7) is 3.62. The van der Waals surface area contributed by atoms with Crippen LogP contribution in [0.5, 0.6) is 0 Å². The zero-order chi connectivity index (χ0) is 17.4. The number of non-ortho nitro benzene ring substituents is 1. The molecule has 1 aromatic carbocycles. The van der Waals surface area contributed by atoms with Gasteiger partial charge in [-0.3, -0.25) is 24.3 Å². The Morgan fingerprint density at radius 3 is 2.71 bits per heavy atom. The van der Waals surface area contributed by atoms with Gasteiger partial charge in [0.1, 0.15) is 0 Å². The number of nitro groups is 1. The lowest BCUT2D eigenvalue weighted by Gasteiger charge is -2.06. The van der Waals surface area contributed by atoms with Crippen molar-refractivity contribution in [1.82, 2.24) is 9.55 Å². The van der Waals surface area contributed by atoms with Crippen molar-refractivity contribution in [2.75, 3.05) is 0 Å². The number of hydrogen-bond acceptors (Lipinski definition) is 6. The van der Waals surface area contributed by atoms with Crippen molar-refractivity contribution < 1.29 is 9.72 Å². The van der Waals surface area contributed by atoms with Gasteiger partial charge in [0.2, 0.25) is 0 Å². The molecule has 0 unspecified atom stereocenters. The molecule has 0 saturated carbocycles. The molecule has 0 aliphatic rings. The molecule has 8 heteroatoms. The Bertz CT molecular complexity index is 1040. The van der Waals surface area contributed by atoms with Gasteiger partial charge in [-0.2, -0.15) is 0 Å². The molecule has 122 valence electrons. The first-order valence-corrected chi connectivity index (χ1v) is 7.92.